The predicted molar refractivity (Wildman–Crippen MR) is 95.4 cm³/mol. The number of carbonyl (C=O) groups is 4. The molecule has 0 unspecified atom stereocenters. The minimum absolute atomic E-state index is 0.00582. The molecule has 1 saturated heterocycles. The van der Waals surface area contributed by atoms with E-state index in [0.717, 1.165) is 24.2 Å². The molecular formula is C19H23N3O5. The molecule has 1 spiro atoms. The smallest absolute Gasteiger partial charge is 0.325 e. The number of benzene rings is 1. The Balaban J connectivity index is 1.48. The Bertz CT molecular complexity index is 753. The van der Waals surface area contributed by atoms with Crippen LogP contribution in [0.25, 0.3) is 0 Å². The lowest BCUT2D eigenvalue weighted by molar-refractivity contribution is -0.145. The average molecular weight is 373 g/mol. The van der Waals surface area contributed by atoms with Gasteiger partial charge in [-0.3, -0.25) is 19.3 Å². The van der Waals surface area contributed by atoms with Crippen LogP contribution in [0.15, 0.2) is 24.3 Å². The second-order valence-electron chi connectivity index (χ2n) is 7.00. The number of rotatable bonds is 6. The molecule has 0 bridgehead atoms. The molecule has 1 heterocycles. The molecule has 144 valence electrons. The third-order valence-corrected chi connectivity index (χ3v) is 5.13. The Labute approximate surface area is 157 Å². The van der Waals surface area contributed by atoms with Gasteiger partial charge in [0, 0.05) is 12.1 Å². The molecule has 0 radical (unpaired) electrons. The predicted octanol–water partition coefficient (Wildman–Crippen LogP) is 1.47. The van der Waals surface area contributed by atoms with Crippen LogP contribution in [0.3, 0.4) is 0 Å². The minimum atomic E-state index is -0.776. The first-order valence-electron chi connectivity index (χ1n) is 9.10. The van der Waals surface area contributed by atoms with Crippen molar-refractivity contribution in [3.05, 3.63) is 35.4 Å². The lowest BCUT2D eigenvalue weighted by atomic mass is 9.82. The van der Waals surface area contributed by atoms with E-state index in [2.05, 4.69) is 5.32 Å². The molecule has 3 rings (SSSR count). The number of imide groups is 1. The zero-order valence-electron chi connectivity index (χ0n) is 15.0. The van der Waals surface area contributed by atoms with Gasteiger partial charge in [-0.2, -0.15) is 0 Å². The van der Waals surface area contributed by atoms with E-state index in [4.69, 9.17) is 10.5 Å². The van der Waals surface area contributed by atoms with Gasteiger partial charge in [-0.1, -0.05) is 31.4 Å². The van der Waals surface area contributed by atoms with Gasteiger partial charge < -0.3 is 15.8 Å². The summed E-state index contributed by atoms with van der Waals surface area (Å²) in [6.45, 7) is 0.0494. The van der Waals surface area contributed by atoms with Crippen molar-refractivity contribution in [3.63, 3.8) is 0 Å². The summed E-state index contributed by atoms with van der Waals surface area (Å²) < 4.78 is 5.17. The van der Waals surface area contributed by atoms with Crippen LogP contribution in [-0.2, 0) is 20.9 Å². The zero-order valence-corrected chi connectivity index (χ0v) is 15.0. The summed E-state index contributed by atoms with van der Waals surface area (Å²) in [6.07, 6.45) is 4.14. The van der Waals surface area contributed by atoms with E-state index >= 15 is 0 Å². The van der Waals surface area contributed by atoms with Gasteiger partial charge in [-0.05, 0) is 30.5 Å². The largest absolute Gasteiger partial charge is 0.461 e. The number of amides is 4. The Kier molecular flexibility index (Phi) is 5.43. The van der Waals surface area contributed by atoms with Crippen LogP contribution in [0.4, 0.5) is 4.79 Å². The first kappa shape index (κ1) is 18.9. The van der Waals surface area contributed by atoms with Gasteiger partial charge in [0.2, 0.25) is 5.91 Å². The highest BCUT2D eigenvalue weighted by Gasteiger charge is 2.51. The molecule has 1 aliphatic carbocycles. The Hall–Kier alpha value is -2.90. The second kappa shape index (κ2) is 7.77. The second-order valence-corrected chi connectivity index (χ2v) is 7.00. The first-order chi connectivity index (χ1) is 12.9. The maximum absolute atomic E-state index is 12.6. The fourth-order valence-corrected chi connectivity index (χ4v) is 3.58. The summed E-state index contributed by atoms with van der Waals surface area (Å²) >= 11 is 0. The van der Waals surface area contributed by atoms with E-state index in [9.17, 15) is 19.2 Å². The number of hydrogen-bond donors (Lipinski definition) is 2. The number of primary amides is 1. The molecule has 8 heteroatoms. The van der Waals surface area contributed by atoms with Crippen LogP contribution in [0.5, 0.6) is 0 Å². The molecular weight excluding hydrogens is 350 g/mol. The van der Waals surface area contributed by atoms with Gasteiger partial charge >= 0.3 is 12.0 Å². The summed E-state index contributed by atoms with van der Waals surface area (Å²) in [5.41, 5.74) is 5.48. The van der Waals surface area contributed by atoms with E-state index in [-0.39, 0.29) is 25.5 Å². The lowest BCUT2D eigenvalue weighted by Gasteiger charge is -2.30. The SMILES string of the molecule is NC(=O)c1ccc(COC(=O)CCN2C(=O)NC3(CCCCC3)C2=O)cc1. The van der Waals surface area contributed by atoms with Crippen molar-refractivity contribution >= 4 is 23.8 Å². The number of carbonyl (C=O) groups excluding carboxylic acids is 4. The van der Waals surface area contributed by atoms with Crippen molar-refractivity contribution in [1.29, 1.82) is 0 Å². The summed E-state index contributed by atoms with van der Waals surface area (Å²) in [4.78, 5) is 48.9. The van der Waals surface area contributed by atoms with Crippen LogP contribution in [0.2, 0.25) is 0 Å². The highest BCUT2D eigenvalue weighted by molar-refractivity contribution is 6.07. The summed E-state index contributed by atoms with van der Waals surface area (Å²) in [5.74, 6) is -1.26. The van der Waals surface area contributed by atoms with Crippen LogP contribution in [0, 0.1) is 0 Å². The number of esters is 1. The van der Waals surface area contributed by atoms with E-state index in [0.29, 0.717) is 24.0 Å². The van der Waals surface area contributed by atoms with Crippen molar-refractivity contribution in [1.82, 2.24) is 10.2 Å². The average Bonchev–Trinajstić information content (AvgIpc) is 2.88. The maximum Gasteiger partial charge on any atom is 0.325 e. The third kappa shape index (κ3) is 4.10. The van der Waals surface area contributed by atoms with E-state index in [1.165, 1.54) is 0 Å². The van der Waals surface area contributed by atoms with Gasteiger partial charge in [0.1, 0.15) is 12.1 Å². The van der Waals surface area contributed by atoms with Gasteiger partial charge in [0.05, 0.1) is 6.42 Å². The Morgan fingerprint density at radius 1 is 1.11 bits per heavy atom. The normalized spacial score (nSPS) is 18.4. The maximum atomic E-state index is 12.6. The van der Waals surface area contributed by atoms with Crippen molar-refractivity contribution in [2.45, 2.75) is 50.7 Å². The molecule has 0 aromatic heterocycles. The number of hydrogen-bond acceptors (Lipinski definition) is 5. The lowest BCUT2D eigenvalue weighted by Crippen LogP contribution is -2.48. The van der Waals surface area contributed by atoms with Crippen LogP contribution >= 0.6 is 0 Å². The first-order valence-corrected chi connectivity index (χ1v) is 9.10. The molecule has 27 heavy (non-hydrogen) atoms. The van der Waals surface area contributed by atoms with Crippen molar-refractivity contribution in [2.75, 3.05) is 6.54 Å². The van der Waals surface area contributed by atoms with E-state index in [1.807, 2.05) is 0 Å². The molecule has 1 aliphatic heterocycles. The third-order valence-electron chi connectivity index (χ3n) is 5.13. The Morgan fingerprint density at radius 2 is 1.78 bits per heavy atom. The molecule has 8 nitrogen and oxygen atoms in total. The standard InChI is InChI=1S/C19H23N3O5/c20-16(24)14-6-4-13(5-7-14)12-27-15(23)8-11-22-17(25)19(21-18(22)26)9-2-1-3-10-19/h4-7H,1-3,8-12H2,(H2,20,24)(H,21,26). The number of urea groups is 1. The molecule has 2 aliphatic rings. The van der Waals surface area contributed by atoms with Crippen molar-refractivity contribution in [3.8, 4) is 0 Å². The highest BCUT2D eigenvalue weighted by Crippen LogP contribution is 2.33. The number of nitrogens with one attached hydrogen (secondary N) is 1. The van der Waals surface area contributed by atoms with Gasteiger partial charge in [0.25, 0.3) is 5.91 Å². The Morgan fingerprint density at radius 3 is 2.41 bits per heavy atom. The van der Waals surface area contributed by atoms with Crippen LogP contribution in [0.1, 0.15) is 54.4 Å². The fraction of sp³-hybridized carbons (Fsp3) is 0.474. The molecule has 3 N–H and O–H groups in total. The quantitative estimate of drug-likeness (QED) is 0.578. The fourth-order valence-electron chi connectivity index (χ4n) is 3.58. The van der Waals surface area contributed by atoms with Crippen LogP contribution < -0.4 is 11.1 Å². The number of ether oxygens (including phenoxy) is 1. The summed E-state index contributed by atoms with van der Waals surface area (Å²) in [5, 5.41) is 2.81. The van der Waals surface area contributed by atoms with E-state index in [1.54, 1.807) is 24.3 Å². The topological polar surface area (TPSA) is 119 Å². The molecule has 1 aromatic carbocycles. The minimum Gasteiger partial charge on any atom is -0.461 e. The number of nitrogens with two attached hydrogens (primary N) is 1. The van der Waals surface area contributed by atoms with Crippen LogP contribution in [-0.4, -0.2) is 40.8 Å². The molecule has 2 fully saturated rings. The molecule has 1 saturated carbocycles. The van der Waals surface area contributed by atoms with Crippen molar-refractivity contribution in [2.24, 2.45) is 5.73 Å². The van der Waals surface area contributed by atoms with Gasteiger partial charge in [-0.25, -0.2) is 4.79 Å². The zero-order chi connectivity index (χ0) is 19.4. The van der Waals surface area contributed by atoms with E-state index < -0.39 is 23.4 Å². The molecule has 1 aromatic rings. The van der Waals surface area contributed by atoms with Gasteiger partial charge in [0.15, 0.2) is 0 Å². The number of nitrogens with zero attached hydrogens (tertiary/aromatic N) is 1. The molecule has 0 atom stereocenters. The highest BCUT2D eigenvalue weighted by atomic mass is 16.5. The monoisotopic (exact) mass is 373 g/mol. The summed E-state index contributed by atoms with van der Waals surface area (Å²) in [6, 6.07) is 5.98. The summed E-state index contributed by atoms with van der Waals surface area (Å²) in [7, 11) is 0. The van der Waals surface area contributed by atoms with Crippen molar-refractivity contribution < 1.29 is 23.9 Å². The van der Waals surface area contributed by atoms with Gasteiger partial charge in [-0.15, -0.1) is 0 Å². The molecule has 4 amide bonds.